The van der Waals surface area contributed by atoms with Crippen molar-refractivity contribution in [3.05, 3.63) is 158 Å². The number of non-ortho nitro benzene ring substituents is 2. The van der Waals surface area contributed by atoms with Gasteiger partial charge in [-0.1, -0.05) is 55.3 Å². The van der Waals surface area contributed by atoms with Crippen LogP contribution in [0.1, 0.15) is 80.9 Å². The number of fused-ring (bicyclic) bond motifs is 2. The van der Waals surface area contributed by atoms with Gasteiger partial charge in [0.25, 0.3) is 11.4 Å². The Balaban J connectivity index is 1.40. The predicted molar refractivity (Wildman–Crippen MR) is 250 cm³/mol. The number of benzene rings is 4. The second kappa shape index (κ2) is 22.9. The summed E-state index contributed by atoms with van der Waals surface area (Å²) < 4.78 is 41.3. The van der Waals surface area contributed by atoms with Gasteiger partial charge in [0.2, 0.25) is 5.79 Å². The lowest BCUT2D eigenvalue weighted by molar-refractivity contribution is -0.385. The standard InChI is InChI=1S/C51H57FN4O12/c1-3-25-54(50(59)67-39-21-19-38(20-22-39)56(62)63)47-31-45(53-66-32-34-15-17-37(18-16-34)55(60)61)42-29-35(11-7-9-26-57)41(13-8-10-27-58)48-43-30-40(64-33-36-12-5-6-14-44(36)52)23-24-46(43)68-51(47,49(42)48)65-28-4-2/h4-6,12,14-24,29-30,35,41,47-49,57-58H,2-3,7-11,13,25-28,31-33H2,1H3. The second-order valence-corrected chi connectivity index (χ2v) is 17.2. The molecule has 68 heavy (non-hydrogen) atoms. The SMILES string of the molecule is C=CCOC12Oc3ccc(OCc4ccccc4F)cc3C3C(CCCCO)C(CCCCO)C=C(C(=NOCc4ccc([N+](=O)[O-])cc4)CC1N(CCC)C(=O)Oc1ccc([N+](=O)[O-])cc1)C32. The minimum absolute atomic E-state index is 0.00499. The molecule has 6 unspecified atom stereocenters. The van der Waals surface area contributed by atoms with Crippen LogP contribution in [-0.4, -0.2) is 75.0 Å². The van der Waals surface area contributed by atoms with Crippen molar-refractivity contribution in [2.75, 3.05) is 26.4 Å². The third-order valence-corrected chi connectivity index (χ3v) is 12.9. The first-order valence-electron chi connectivity index (χ1n) is 23.0. The monoisotopic (exact) mass is 936 g/mol. The lowest BCUT2D eigenvalue weighted by Crippen LogP contribution is -2.70. The number of carbonyl (C=O) groups excluding carboxylic acids is 1. The number of hydrogen-bond acceptors (Lipinski definition) is 13. The number of amides is 1. The van der Waals surface area contributed by atoms with Gasteiger partial charge in [0.05, 0.1) is 28.1 Å². The summed E-state index contributed by atoms with van der Waals surface area (Å²) in [6.07, 6.45) is 7.54. The van der Waals surface area contributed by atoms with E-state index >= 15 is 0 Å². The van der Waals surface area contributed by atoms with Crippen LogP contribution in [0.15, 0.2) is 120 Å². The lowest BCUT2D eigenvalue weighted by Gasteiger charge is -2.59. The third-order valence-electron chi connectivity index (χ3n) is 12.9. The van der Waals surface area contributed by atoms with Crippen LogP contribution in [0.4, 0.5) is 20.6 Å². The summed E-state index contributed by atoms with van der Waals surface area (Å²) in [5.74, 6) is -2.19. The van der Waals surface area contributed by atoms with Gasteiger partial charge in [-0.25, -0.2) is 9.18 Å². The Morgan fingerprint density at radius 1 is 0.926 bits per heavy atom. The first-order valence-corrected chi connectivity index (χ1v) is 23.0. The highest BCUT2D eigenvalue weighted by molar-refractivity contribution is 6.03. The van der Waals surface area contributed by atoms with Gasteiger partial charge in [0.15, 0.2) is 0 Å². The minimum Gasteiger partial charge on any atom is -0.489 e. The molecule has 1 saturated carbocycles. The Morgan fingerprint density at radius 3 is 2.26 bits per heavy atom. The molecule has 16 nitrogen and oxygen atoms in total. The van der Waals surface area contributed by atoms with Gasteiger partial charge in [-0.3, -0.25) is 25.1 Å². The molecule has 7 rings (SSSR count). The van der Waals surface area contributed by atoms with Gasteiger partial charge < -0.3 is 34.0 Å². The van der Waals surface area contributed by atoms with Gasteiger partial charge >= 0.3 is 6.09 Å². The van der Waals surface area contributed by atoms with Crippen LogP contribution in [0.5, 0.6) is 17.2 Å². The van der Waals surface area contributed by atoms with Crippen molar-refractivity contribution in [3.63, 3.8) is 0 Å². The van der Waals surface area contributed by atoms with E-state index in [1.807, 2.05) is 13.0 Å². The molecule has 0 saturated heterocycles. The largest absolute Gasteiger partial charge is 0.489 e. The van der Waals surface area contributed by atoms with Gasteiger partial charge in [0, 0.05) is 67.5 Å². The molecular weight excluding hydrogens is 880 g/mol. The van der Waals surface area contributed by atoms with Crippen LogP contribution in [0.3, 0.4) is 0 Å². The molecule has 6 atom stereocenters. The number of rotatable bonds is 23. The third kappa shape index (κ3) is 11.0. The molecule has 2 N–H and O–H groups in total. The highest BCUT2D eigenvalue weighted by Gasteiger charge is 2.65. The zero-order valence-electron chi connectivity index (χ0n) is 38.0. The number of halogens is 1. The predicted octanol–water partition coefficient (Wildman–Crippen LogP) is 9.97. The average molecular weight is 937 g/mol. The van der Waals surface area contributed by atoms with Crippen molar-refractivity contribution in [1.29, 1.82) is 0 Å². The number of aliphatic hydroxyl groups excluding tert-OH is 2. The fourth-order valence-corrected chi connectivity index (χ4v) is 9.82. The van der Waals surface area contributed by atoms with E-state index in [1.54, 1.807) is 53.4 Å². The first kappa shape index (κ1) is 49.2. The normalized spacial score (nSPS) is 21.9. The summed E-state index contributed by atoms with van der Waals surface area (Å²) in [4.78, 5) is 44.2. The van der Waals surface area contributed by atoms with E-state index in [4.69, 9.17) is 28.9 Å². The zero-order valence-corrected chi connectivity index (χ0v) is 38.0. The van der Waals surface area contributed by atoms with Crippen LogP contribution in [0, 0.1) is 43.8 Å². The number of carbonyl (C=O) groups is 1. The van der Waals surface area contributed by atoms with Crippen LogP contribution >= 0.6 is 0 Å². The Hall–Kier alpha value is -6.69. The Bertz CT molecular complexity index is 2470. The fourth-order valence-electron chi connectivity index (χ4n) is 9.82. The molecular formula is C51H57FN4O12. The summed E-state index contributed by atoms with van der Waals surface area (Å²) in [7, 11) is 0. The van der Waals surface area contributed by atoms with E-state index in [0.717, 1.165) is 17.6 Å². The Morgan fingerprint density at radius 2 is 1.60 bits per heavy atom. The van der Waals surface area contributed by atoms with Crippen molar-refractivity contribution in [3.8, 4) is 17.2 Å². The molecule has 4 aromatic carbocycles. The topological polar surface area (TPSA) is 206 Å². The number of allylic oxidation sites excluding steroid dienone is 1. The van der Waals surface area contributed by atoms with Crippen molar-refractivity contribution < 1.29 is 53.0 Å². The summed E-state index contributed by atoms with van der Waals surface area (Å²) in [5, 5.41) is 47.6. The number of ether oxygens (including phenoxy) is 4. The number of nitro groups is 2. The van der Waals surface area contributed by atoms with Gasteiger partial charge in [-0.15, -0.1) is 6.58 Å². The van der Waals surface area contributed by atoms with Crippen molar-refractivity contribution in [1.82, 2.24) is 4.90 Å². The Kier molecular flexibility index (Phi) is 16.6. The molecule has 4 aromatic rings. The number of unbranched alkanes of at least 4 members (excludes halogenated alkanes) is 2. The van der Waals surface area contributed by atoms with Crippen molar-refractivity contribution in [2.45, 2.75) is 89.3 Å². The van der Waals surface area contributed by atoms with Crippen LogP contribution in [0.25, 0.3) is 0 Å². The quantitative estimate of drug-likeness (QED) is 0.0309. The molecule has 1 fully saturated rings. The van der Waals surface area contributed by atoms with E-state index in [9.17, 15) is 39.6 Å². The average Bonchev–Trinajstić information content (AvgIpc) is 3.34. The molecule has 3 aliphatic rings. The minimum atomic E-state index is -1.61. The molecule has 1 aliphatic heterocycles. The number of nitrogens with zero attached hydrogens (tertiary/aromatic N) is 4. The van der Waals surface area contributed by atoms with Gasteiger partial charge in [-0.2, -0.15) is 0 Å². The van der Waals surface area contributed by atoms with E-state index in [1.165, 1.54) is 42.5 Å². The van der Waals surface area contributed by atoms with E-state index < -0.39 is 45.4 Å². The van der Waals surface area contributed by atoms with Crippen LogP contribution in [-0.2, 0) is 22.8 Å². The van der Waals surface area contributed by atoms with E-state index in [0.29, 0.717) is 66.9 Å². The lowest BCUT2D eigenvalue weighted by atomic mass is 9.55. The molecule has 0 aromatic heterocycles. The summed E-state index contributed by atoms with van der Waals surface area (Å²) >= 11 is 0. The van der Waals surface area contributed by atoms with E-state index in [2.05, 4.69) is 12.7 Å². The van der Waals surface area contributed by atoms with Crippen LogP contribution < -0.4 is 14.2 Å². The molecule has 1 amide bonds. The second-order valence-electron chi connectivity index (χ2n) is 17.2. The highest BCUT2D eigenvalue weighted by Crippen LogP contribution is 2.62. The van der Waals surface area contributed by atoms with Crippen molar-refractivity contribution in [2.24, 2.45) is 22.9 Å². The molecule has 2 aliphatic carbocycles. The van der Waals surface area contributed by atoms with Crippen molar-refractivity contribution >= 4 is 23.2 Å². The molecule has 0 radical (unpaired) electrons. The Labute approximate surface area is 393 Å². The molecule has 360 valence electrons. The maximum Gasteiger partial charge on any atom is 0.415 e. The number of aliphatic hydroxyl groups is 2. The molecule has 17 heteroatoms. The summed E-state index contributed by atoms with van der Waals surface area (Å²) in [5.41, 5.74) is 2.86. The maximum absolute atomic E-state index is 14.8. The smallest absolute Gasteiger partial charge is 0.415 e. The number of hydrogen-bond donors (Lipinski definition) is 2. The highest BCUT2D eigenvalue weighted by atomic mass is 19.1. The summed E-state index contributed by atoms with van der Waals surface area (Å²) in [6.45, 7) is 6.05. The van der Waals surface area contributed by atoms with E-state index in [-0.39, 0.29) is 75.0 Å². The number of nitro benzene ring substituents is 2. The molecule has 1 heterocycles. The summed E-state index contributed by atoms with van der Waals surface area (Å²) in [6, 6.07) is 22.1. The zero-order chi connectivity index (χ0) is 48.2. The van der Waals surface area contributed by atoms with Gasteiger partial charge in [0.1, 0.15) is 42.3 Å². The maximum atomic E-state index is 14.8. The number of oxime groups is 1. The first-order chi connectivity index (χ1) is 33.0. The van der Waals surface area contributed by atoms with Gasteiger partial charge in [-0.05, 0) is 104 Å². The molecule has 0 spiro atoms. The van der Waals surface area contributed by atoms with Crippen LogP contribution in [0.2, 0.25) is 0 Å². The fraction of sp³-hybridized carbons (Fsp3) is 0.412. The molecule has 0 bridgehead atoms.